The minimum atomic E-state index is -1.30. The van der Waals surface area contributed by atoms with Crippen molar-refractivity contribution in [1.29, 1.82) is 0 Å². The van der Waals surface area contributed by atoms with Gasteiger partial charge in [0.15, 0.2) is 6.10 Å². The normalized spacial score (nSPS) is 11.2. The predicted octanol–water partition coefficient (Wildman–Crippen LogP) is 1.09. The SMILES string of the molecule is COC(=O)NC(=O)[C@@H](C)OC(=O)c1cc([N+](=O)[O-])ccc1N(C)C. The molecule has 0 radical (unpaired) electrons. The number of benzene rings is 1. The Labute approximate surface area is 137 Å². The largest absolute Gasteiger partial charge is 0.453 e. The maximum atomic E-state index is 12.2. The second-order valence-electron chi connectivity index (χ2n) is 4.88. The first-order valence-corrected chi connectivity index (χ1v) is 6.73. The lowest BCUT2D eigenvalue weighted by Crippen LogP contribution is -2.39. The summed E-state index contributed by atoms with van der Waals surface area (Å²) < 4.78 is 9.22. The van der Waals surface area contributed by atoms with Crippen LogP contribution < -0.4 is 10.2 Å². The Morgan fingerprint density at radius 1 is 1.29 bits per heavy atom. The van der Waals surface area contributed by atoms with Gasteiger partial charge in [0.2, 0.25) is 0 Å². The minimum Gasteiger partial charge on any atom is -0.453 e. The average Bonchev–Trinajstić information content (AvgIpc) is 2.53. The van der Waals surface area contributed by atoms with E-state index in [1.165, 1.54) is 19.1 Å². The number of anilines is 1. The average molecular weight is 339 g/mol. The van der Waals surface area contributed by atoms with Gasteiger partial charge in [-0.15, -0.1) is 0 Å². The zero-order valence-electron chi connectivity index (χ0n) is 13.6. The number of nitro groups is 1. The number of rotatable bonds is 5. The zero-order chi connectivity index (χ0) is 18.4. The fourth-order valence-electron chi connectivity index (χ4n) is 1.72. The third-order valence-corrected chi connectivity index (χ3v) is 2.96. The van der Waals surface area contributed by atoms with Crippen LogP contribution in [0.1, 0.15) is 17.3 Å². The highest BCUT2D eigenvalue weighted by Gasteiger charge is 2.24. The Morgan fingerprint density at radius 2 is 1.92 bits per heavy atom. The second kappa shape index (κ2) is 7.90. The molecule has 10 heteroatoms. The van der Waals surface area contributed by atoms with Gasteiger partial charge in [-0.3, -0.25) is 20.2 Å². The van der Waals surface area contributed by atoms with E-state index in [0.29, 0.717) is 5.69 Å². The van der Waals surface area contributed by atoms with Gasteiger partial charge in [-0.1, -0.05) is 0 Å². The van der Waals surface area contributed by atoms with Crippen LogP contribution in [0.15, 0.2) is 18.2 Å². The summed E-state index contributed by atoms with van der Waals surface area (Å²) in [6.45, 7) is 1.25. The molecule has 0 unspecified atom stereocenters. The van der Waals surface area contributed by atoms with Crippen LogP contribution in [0.2, 0.25) is 0 Å². The number of alkyl carbamates (subject to hydrolysis) is 1. The van der Waals surface area contributed by atoms with E-state index >= 15 is 0 Å². The van der Waals surface area contributed by atoms with Crippen molar-refractivity contribution in [2.75, 3.05) is 26.1 Å². The predicted molar refractivity (Wildman–Crippen MR) is 82.8 cm³/mol. The highest BCUT2D eigenvalue weighted by atomic mass is 16.6. The molecule has 0 aliphatic heterocycles. The Hall–Kier alpha value is -3.17. The molecule has 0 spiro atoms. The van der Waals surface area contributed by atoms with E-state index in [0.717, 1.165) is 13.2 Å². The van der Waals surface area contributed by atoms with Gasteiger partial charge in [0.1, 0.15) is 0 Å². The number of hydrogen-bond donors (Lipinski definition) is 1. The number of ether oxygens (including phenoxy) is 2. The Balaban J connectivity index is 3.01. The van der Waals surface area contributed by atoms with Crippen LogP contribution in [-0.4, -0.2) is 50.2 Å². The molecule has 0 bridgehead atoms. The van der Waals surface area contributed by atoms with Crippen molar-refractivity contribution >= 4 is 29.3 Å². The quantitative estimate of drug-likeness (QED) is 0.479. The van der Waals surface area contributed by atoms with Crippen molar-refractivity contribution in [3.63, 3.8) is 0 Å². The lowest BCUT2D eigenvalue weighted by atomic mass is 10.1. The lowest BCUT2D eigenvalue weighted by Gasteiger charge is -2.18. The fourth-order valence-corrected chi connectivity index (χ4v) is 1.72. The number of esters is 1. The molecule has 1 rings (SSSR count). The van der Waals surface area contributed by atoms with Gasteiger partial charge >= 0.3 is 12.1 Å². The molecule has 0 fully saturated rings. The van der Waals surface area contributed by atoms with E-state index in [1.807, 2.05) is 5.32 Å². The number of nitro benzene ring substituents is 1. The highest BCUT2D eigenvalue weighted by molar-refractivity contribution is 6.00. The van der Waals surface area contributed by atoms with Crippen LogP contribution >= 0.6 is 0 Å². The van der Waals surface area contributed by atoms with Crippen LogP contribution in [0, 0.1) is 10.1 Å². The van der Waals surface area contributed by atoms with E-state index in [-0.39, 0.29) is 11.3 Å². The molecule has 0 aliphatic rings. The smallest absolute Gasteiger partial charge is 0.413 e. The van der Waals surface area contributed by atoms with Crippen LogP contribution in [0.3, 0.4) is 0 Å². The van der Waals surface area contributed by atoms with Gasteiger partial charge < -0.3 is 14.4 Å². The molecule has 1 N–H and O–H groups in total. The summed E-state index contributed by atoms with van der Waals surface area (Å²) in [5, 5.41) is 12.7. The number of carbonyl (C=O) groups excluding carboxylic acids is 3. The van der Waals surface area contributed by atoms with Crippen molar-refractivity contribution in [1.82, 2.24) is 5.32 Å². The van der Waals surface area contributed by atoms with Crippen LogP contribution in [0.4, 0.5) is 16.2 Å². The molecule has 130 valence electrons. The maximum absolute atomic E-state index is 12.2. The summed E-state index contributed by atoms with van der Waals surface area (Å²) >= 11 is 0. The van der Waals surface area contributed by atoms with E-state index in [4.69, 9.17) is 4.74 Å². The van der Waals surface area contributed by atoms with E-state index in [2.05, 4.69) is 4.74 Å². The van der Waals surface area contributed by atoms with Crippen molar-refractivity contribution in [2.45, 2.75) is 13.0 Å². The van der Waals surface area contributed by atoms with Crippen molar-refractivity contribution in [2.24, 2.45) is 0 Å². The minimum absolute atomic E-state index is 0.0769. The van der Waals surface area contributed by atoms with E-state index in [1.54, 1.807) is 19.0 Å². The standard InChI is InChI=1S/C14H17N3O7/c1-8(12(18)15-14(20)23-4)24-13(19)10-7-9(17(21)22)5-6-11(10)16(2)3/h5-8H,1-4H3,(H,15,18,20)/t8-/m1/s1. The lowest BCUT2D eigenvalue weighted by molar-refractivity contribution is -0.384. The topological polar surface area (TPSA) is 128 Å². The molecule has 2 amide bonds. The van der Waals surface area contributed by atoms with Crippen LogP contribution in [0.25, 0.3) is 0 Å². The molecule has 0 aromatic heterocycles. The molecule has 0 heterocycles. The van der Waals surface area contributed by atoms with Gasteiger partial charge in [-0.25, -0.2) is 9.59 Å². The fraction of sp³-hybridized carbons (Fsp3) is 0.357. The second-order valence-corrected chi connectivity index (χ2v) is 4.88. The first kappa shape index (κ1) is 18.9. The third-order valence-electron chi connectivity index (χ3n) is 2.96. The van der Waals surface area contributed by atoms with Crippen molar-refractivity contribution in [3.05, 3.63) is 33.9 Å². The molecule has 24 heavy (non-hydrogen) atoms. The first-order chi connectivity index (χ1) is 11.2. The number of hydrogen-bond acceptors (Lipinski definition) is 8. The number of carbonyl (C=O) groups is 3. The number of imide groups is 1. The first-order valence-electron chi connectivity index (χ1n) is 6.73. The highest BCUT2D eigenvalue weighted by Crippen LogP contribution is 2.25. The van der Waals surface area contributed by atoms with E-state index < -0.39 is 29.0 Å². The molecule has 10 nitrogen and oxygen atoms in total. The number of nitrogens with zero attached hydrogens (tertiary/aromatic N) is 2. The molecular weight excluding hydrogens is 322 g/mol. The van der Waals surface area contributed by atoms with Gasteiger partial charge in [-0.05, 0) is 13.0 Å². The zero-order valence-corrected chi connectivity index (χ0v) is 13.6. The van der Waals surface area contributed by atoms with Crippen LogP contribution in [-0.2, 0) is 14.3 Å². The molecule has 0 saturated heterocycles. The number of non-ortho nitro benzene ring substituents is 1. The van der Waals surface area contributed by atoms with E-state index in [9.17, 15) is 24.5 Å². The summed E-state index contributed by atoms with van der Waals surface area (Å²) in [5.41, 5.74) is 0.0114. The molecule has 0 aliphatic carbocycles. The Kier molecular flexibility index (Phi) is 6.22. The third kappa shape index (κ3) is 4.66. The number of methoxy groups -OCH3 is 1. The molecular formula is C14H17N3O7. The summed E-state index contributed by atoms with van der Waals surface area (Å²) in [6.07, 6.45) is -2.29. The Bertz CT molecular complexity index is 672. The molecule has 1 aromatic rings. The summed E-state index contributed by atoms with van der Waals surface area (Å²) in [7, 11) is 4.36. The van der Waals surface area contributed by atoms with Crippen molar-refractivity contribution < 1.29 is 28.8 Å². The van der Waals surface area contributed by atoms with Gasteiger partial charge in [0.05, 0.1) is 23.3 Å². The van der Waals surface area contributed by atoms with Gasteiger partial charge in [0, 0.05) is 26.2 Å². The summed E-state index contributed by atoms with van der Waals surface area (Å²) in [4.78, 5) is 46.7. The van der Waals surface area contributed by atoms with Gasteiger partial charge in [0.25, 0.3) is 11.6 Å². The summed E-state index contributed by atoms with van der Waals surface area (Å²) in [5.74, 6) is -1.82. The molecule has 0 saturated carbocycles. The molecule has 1 atom stereocenters. The van der Waals surface area contributed by atoms with Crippen LogP contribution in [0.5, 0.6) is 0 Å². The maximum Gasteiger partial charge on any atom is 0.413 e. The number of amides is 2. The van der Waals surface area contributed by atoms with Crippen molar-refractivity contribution in [3.8, 4) is 0 Å². The number of nitrogens with one attached hydrogen (secondary N) is 1. The summed E-state index contributed by atoms with van der Waals surface area (Å²) in [6, 6.07) is 3.70. The molecule has 1 aromatic carbocycles. The monoisotopic (exact) mass is 339 g/mol. The van der Waals surface area contributed by atoms with Gasteiger partial charge in [-0.2, -0.15) is 0 Å². The Morgan fingerprint density at radius 3 is 2.42 bits per heavy atom.